The van der Waals surface area contributed by atoms with Gasteiger partial charge in [-0.05, 0) is 38.0 Å². The molecule has 5 rings (SSSR count). The van der Waals surface area contributed by atoms with E-state index in [0.717, 1.165) is 51.6 Å². The smallest absolute Gasteiger partial charge is 0.237 e. The van der Waals surface area contributed by atoms with Gasteiger partial charge in [0.2, 0.25) is 5.88 Å². The summed E-state index contributed by atoms with van der Waals surface area (Å²) in [6, 6.07) is 9.55. The summed E-state index contributed by atoms with van der Waals surface area (Å²) >= 11 is 1.67. The molecule has 1 fully saturated rings. The van der Waals surface area contributed by atoms with Gasteiger partial charge in [-0.2, -0.15) is 0 Å². The van der Waals surface area contributed by atoms with Crippen LogP contribution in [-0.4, -0.2) is 32.9 Å². The Morgan fingerprint density at radius 2 is 2.11 bits per heavy atom. The third kappa shape index (κ3) is 3.96. The Bertz CT molecular complexity index is 1120. The van der Waals surface area contributed by atoms with Crippen LogP contribution in [0.15, 0.2) is 36.5 Å². The standard InChI is InChI=1S/C15H13N5OS.C5H8O/c1-9-17-11-7-10(3-4-12(11)22-9)21-15-6-5-14-18-13(16-2)8-20(14)19-15;6-4-5-2-1-3-5/h3-8,16H,1-2H3;4-5H,1-3H2. The summed E-state index contributed by atoms with van der Waals surface area (Å²) in [5.41, 5.74) is 1.71. The number of fused-ring (bicyclic) bond motifs is 2. The van der Waals surface area contributed by atoms with Gasteiger partial charge >= 0.3 is 0 Å². The van der Waals surface area contributed by atoms with Crippen molar-refractivity contribution >= 4 is 39.3 Å². The number of hydrogen-bond donors (Lipinski definition) is 1. The molecule has 3 heterocycles. The normalized spacial score (nSPS) is 13.6. The fourth-order valence-corrected chi connectivity index (χ4v) is 3.63. The minimum atomic E-state index is 0.435. The molecule has 0 amide bonds. The first-order chi connectivity index (χ1) is 13.6. The quantitative estimate of drug-likeness (QED) is 0.514. The van der Waals surface area contributed by atoms with E-state index < -0.39 is 0 Å². The average molecular weight is 395 g/mol. The van der Waals surface area contributed by atoms with E-state index in [2.05, 4.69) is 20.4 Å². The summed E-state index contributed by atoms with van der Waals surface area (Å²) in [6.45, 7) is 2.00. The highest BCUT2D eigenvalue weighted by molar-refractivity contribution is 7.18. The largest absolute Gasteiger partial charge is 0.438 e. The molecule has 28 heavy (non-hydrogen) atoms. The number of aromatic nitrogens is 4. The van der Waals surface area contributed by atoms with Crippen LogP contribution in [0, 0.1) is 12.8 Å². The van der Waals surface area contributed by atoms with Crippen LogP contribution < -0.4 is 10.1 Å². The van der Waals surface area contributed by atoms with Gasteiger partial charge in [-0.15, -0.1) is 16.4 Å². The van der Waals surface area contributed by atoms with E-state index in [9.17, 15) is 4.79 Å². The van der Waals surface area contributed by atoms with Crippen molar-refractivity contribution in [2.45, 2.75) is 26.2 Å². The molecule has 4 aromatic rings. The molecular formula is C20H21N5O2S. The molecule has 0 unspecified atom stereocenters. The van der Waals surface area contributed by atoms with Gasteiger partial charge in [-0.1, -0.05) is 6.42 Å². The average Bonchev–Trinajstić information content (AvgIpc) is 3.22. The number of aryl methyl sites for hydroxylation is 1. The van der Waals surface area contributed by atoms with Gasteiger partial charge in [0.1, 0.15) is 17.9 Å². The molecule has 0 radical (unpaired) electrons. The maximum Gasteiger partial charge on any atom is 0.237 e. The van der Waals surface area contributed by atoms with Crippen molar-refractivity contribution in [1.29, 1.82) is 0 Å². The third-order valence-electron chi connectivity index (χ3n) is 4.58. The van der Waals surface area contributed by atoms with Crippen LogP contribution in [0.1, 0.15) is 24.3 Å². The van der Waals surface area contributed by atoms with Gasteiger partial charge in [0.25, 0.3) is 0 Å². The molecule has 3 aromatic heterocycles. The Kier molecular flexibility index (Phi) is 5.21. The zero-order valence-corrected chi connectivity index (χ0v) is 16.6. The van der Waals surface area contributed by atoms with E-state index in [1.165, 1.54) is 6.42 Å². The Labute approximate surface area is 166 Å². The second kappa shape index (κ2) is 7.93. The number of benzene rings is 1. The lowest BCUT2D eigenvalue weighted by molar-refractivity contribution is -0.113. The summed E-state index contributed by atoms with van der Waals surface area (Å²) in [6.07, 6.45) is 6.43. The Morgan fingerprint density at radius 1 is 1.25 bits per heavy atom. The zero-order valence-electron chi connectivity index (χ0n) is 15.8. The van der Waals surface area contributed by atoms with Crippen LogP contribution in [0.25, 0.3) is 15.9 Å². The van der Waals surface area contributed by atoms with E-state index in [4.69, 9.17) is 4.74 Å². The lowest BCUT2D eigenvalue weighted by Gasteiger charge is -2.17. The molecule has 0 bridgehead atoms. The number of imidazole rings is 1. The van der Waals surface area contributed by atoms with E-state index in [-0.39, 0.29) is 0 Å². The molecule has 1 N–H and O–H groups in total. The second-order valence-electron chi connectivity index (χ2n) is 6.64. The van der Waals surface area contributed by atoms with Crippen molar-refractivity contribution in [3.05, 3.63) is 41.5 Å². The first-order valence-corrected chi connectivity index (χ1v) is 10.0. The Balaban J connectivity index is 0.000000275. The van der Waals surface area contributed by atoms with Crippen molar-refractivity contribution in [1.82, 2.24) is 19.6 Å². The van der Waals surface area contributed by atoms with Crippen LogP contribution in [0.5, 0.6) is 11.6 Å². The minimum absolute atomic E-state index is 0.435. The van der Waals surface area contributed by atoms with Gasteiger partial charge in [-0.25, -0.2) is 14.5 Å². The zero-order chi connectivity index (χ0) is 19.5. The van der Waals surface area contributed by atoms with Crippen LogP contribution in [0.2, 0.25) is 0 Å². The number of aldehydes is 1. The molecule has 1 aromatic carbocycles. The fourth-order valence-electron chi connectivity index (χ4n) is 2.82. The third-order valence-corrected chi connectivity index (χ3v) is 5.53. The number of nitrogens with zero attached hydrogens (tertiary/aromatic N) is 4. The van der Waals surface area contributed by atoms with Gasteiger partial charge in [0.05, 0.1) is 21.4 Å². The summed E-state index contributed by atoms with van der Waals surface area (Å²) in [5.74, 6) is 2.44. The number of anilines is 1. The number of carbonyl (C=O) groups is 1. The van der Waals surface area contributed by atoms with Gasteiger partial charge in [-0.3, -0.25) is 0 Å². The highest BCUT2D eigenvalue weighted by atomic mass is 32.1. The molecule has 8 heteroatoms. The molecule has 0 aliphatic heterocycles. The first kappa shape index (κ1) is 18.4. The number of hydrogen-bond acceptors (Lipinski definition) is 7. The molecule has 144 valence electrons. The molecule has 1 aliphatic rings. The minimum Gasteiger partial charge on any atom is -0.438 e. The summed E-state index contributed by atoms with van der Waals surface area (Å²) in [5, 5.41) is 8.43. The predicted octanol–water partition coefficient (Wildman–Crippen LogP) is 4.47. The number of thiazole rings is 1. The highest BCUT2D eigenvalue weighted by Gasteiger charge is 2.14. The molecule has 0 spiro atoms. The van der Waals surface area contributed by atoms with Crippen LogP contribution in [-0.2, 0) is 4.79 Å². The molecule has 1 aliphatic carbocycles. The molecule has 1 saturated carbocycles. The molecular weight excluding hydrogens is 374 g/mol. The Morgan fingerprint density at radius 3 is 2.79 bits per heavy atom. The maximum absolute atomic E-state index is 9.79. The van der Waals surface area contributed by atoms with Gasteiger partial charge in [0, 0.05) is 25.1 Å². The lowest BCUT2D eigenvalue weighted by atomic mass is 9.87. The van der Waals surface area contributed by atoms with E-state index in [1.807, 2.05) is 44.4 Å². The topological polar surface area (TPSA) is 81.4 Å². The van der Waals surface area contributed by atoms with Crippen molar-refractivity contribution in [2.75, 3.05) is 12.4 Å². The van der Waals surface area contributed by atoms with E-state index in [0.29, 0.717) is 11.8 Å². The van der Waals surface area contributed by atoms with Crippen LogP contribution in [0.3, 0.4) is 0 Å². The van der Waals surface area contributed by atoms with Crippen LogP contribution in [0.4, 0.5) is 5.82 Å². The molecule has 0 saturated heterocycles. The summed E-state index contributed by atoms with van der Waals surface area (Å²) in [4.78, 5) is 18.6. The summed E-state index contributed by atoms with van der Waals surface area (Å²) < 4.78 is 8.67. The maximum atomic E-state index is 9.79. The highest BCUT2D eigenvalue weighted by Crippen LogP contribution is 2.28. The Hall–Kier alpha value is -3.00. The van der Waals surface area contributed by atoms with Gasteiger partial charge < -0.3 is 14.8 Å². The first-order valence-electron chi connectivity index (χ1n) is 9.19. The number of ether oxygens (including phenoxy) is 1. The van der Waals surface area contributed by atoms with Crippen molar-refractivity contribution in [2.24, 2.45) is 5.92 Å². The summed E-state index contributed by atoms with van der Waals surface area (Å²) in [7, 11) is 1.82. The lowest BCUT2D eigenvalue weighted by Crippen LogP contribution is -2.10. The fraction of sp³-hybridized carbons (Fsp3) is 0.300. The molecule has 7 nitrogen and oxygen atoms in total. The predicted molar refractivity (Wildman–Crippen MR) is 110 cm³/mol. The number of rotatable bonds is 4. The molecule has 0 atom stereocenters. The van der Waals surface area contributed by atoms with E-state index >= 15 is 0 Å². The van der Waals surface area contributed by atoms with E-state index in [1.54, 1.807) is 21.9 Å². The van der Waals surface area contributed by atoms with Crippen molar-refractivity contribution < 1.29 is 9.53 Å². The van der Waals surface area contributed by atoms with Crippen LogP contribution >= 0.6 is 11.3 Å². The van der Waals surface area contributed by atoms with Crippen molar-refractivity contribution in [3.8, 4) is 11.6 Å². The SMILES string of the molecule is CNc1cn2nc(Oc3ccc4sc(C)nc4c3)ccc2n1.O=CC1CCC1. The second-order valence-corrected chi connectivity index (χ2v) is 7.88. The number of carbonyl (C=O) groups excluding carboxylic acids is 1. The monoisotopic (exact) mass is 395 g/mol. The number of nitrogens with one attached hydrogen (secondary N) is 1. The van der Waals surface area contributed by atoms with Crippen molar-refractivity contribution in [3.63, 3.8) is 0 Å². The van der Waals surface area contributed by atoms with Gasteiger partial charge in [0.15, 0.2) is 5.65 Å².